The molecule has 3 heteroatoms. The van der Waals surface area contributed by atoms with Crippen LogP contribution in [0.1, 0.15) is 37.8 Å². The van der Waals surface area contributed by atoms with Gasteiger partial charge in [0.15, 0.2) is 0 Å². The van der Waals surface area contributed by atoms with Crippen molar-refractivity contribution in [2.24, 2.45) is 5.92 Å². The van der Waals surface area contributed by atoms with Crippen LogP contribution in [-0.4, -0.2) is 23.7 Å². The highest BCUT2D eigenvalue weighted by molar-refractivity contribution is 5.21. The molecule has 100 valence electrons. The van der Waals surface area contributed by atoms with Crippen molar-refractivity contribution in [2.45, 2.75) is 52.3 Å². The fourth-order valence-corrected chi connectivity index (χ4v) is 2.43. The van der Waals surface area contributed by atoms with Gasteiger partial charge < -0.3 is 10.1 Å². The van der Waals surface area contributed by atoms with Crippen LogP contribution in [-0.2, 0) is 11.3 Å². The summed E-state index contributed by atoms with van der Waals surface area (Å²) in [5.74, 6) is 0.609. The van der Waals surface area contributed by atoms with E-state index in [0.29, 0.717) is 18.1 Å². The molecule has 1 fully saturated rings. The van der Waals surface area contributed by atoms with Crippen molar-refractivity contribution in [3.8, 4) is 0 Å². The third-order valence-corrected chi connectivity index (χ3v) is 3.78. The van der Waals surface area contributed by atoms with Crippen molar-refractivity contribution in [3.05, 3.63) is 29.6 Å². The van der Waals surface area contributed by atoms with Crippen LogP contribution >= 0.6 is 0 Å². The second-order valence-corrected chi connectivity index (χ2v) is 5.56. The van der Waals surface area contributed by atoms with Crippen LogP contribution < -0.4 is 5.32 Å². The third kappa shape index (κ3) is 3.53. The summed E-state index contributed by atoms with van der Waals surface area (Å²) in [6.07, 6.45) is 6.45. The first-order valence-electron chi connectivity index (χ1n) is 6.91. The van der Waals surface area contributed by atoms with Gasteiger partial charge in [-0.05, 0) is 42.9 Å². The quantitative estimate of drug-likeness (QED) is 0.889. The second-order valence-electron chi connectivity index (χ2n) is 5.56. The SMILES string of the molecule is Cc1cnccc1CNC1CCOC(C(C)C)C1. The van der Waals surface area contributed by atoms with E-state index in [0.717, 1.165) is 26.0 Å². The van der Waals surface area contributed by atoms with E-state index in [1.807, 2.05) is 12.4 Å². The zero-order valence-corrected chi connectivity index (χ0v) is 11.6. The van der Waals surface area contributed by atoms with E-state index < -0.39 is 0 Å². The molecule has 1 N–H and O–H groups in total. The van der Waals surface area contributed by atoms with Gasteiger partial charge in [-0.25, -0.2) is 0 Å². The van der Waals surface area contributed by atoms with Crippen molar-refractivity contribution in [1.29, 1.82) is 0 Å². The first-order chi connectivity index (χ1) is 8.66. The van der Waals surface area contributed by atoms with Crippen molar-refractivity contribution in [3.63, 3.8) is 0 Å². The Balaban J connectivity index is 1.85. The Bertz CT molecular complexity index is 379. The van der Waals surface area contributed by atoms with Gasteiger partial charge in [-0.1, -0.05) is 13.8 Å². The third-order valence-electron chi connectivity index (χ3n) is 3.78. The molecule has 1 aromatic rings. The summed E-state index contributed by atoms with van der Waals surface area (Å²) >= 11 is 0. The molecule has 0 radical (unpaired) electrons. The highest BCUT2D eigenvalue weighted by atomic mass is 16.5. The molecule has 2 unspecified atom stereocenters. The van der Waals surface area contributed by atoms with Gasteiger partial charge in [-0.3, -0.25) is 4.98 Å². The molecule has 0 saturated carbocycles. The Morgan fingerprint density at radius 3 is 3.06 bits per heavy atom. The zero-order chi connectivity index (χ0) is 13.0. The lowest BCUT2D eigenvalue weighted by Crippen LogP contribution is -2.40. The molecule has 2 rings (SSSR count). The number of aryl methyl sites for hydroxylation is 1. The first-order valence-corrected chi connectivity index (χ1v) is 6.91. The Morgan fingerprint density at radius 1 is 1.50 bits per heavy atom. The number of ether oxygens (including phenoxy) is 1. The monoisotopic (exact) mass is 248 g/mol. The van der Waals surface area contributed by atoms with Gasteiger partial charge in [-0.2, -0.15) is 0 Å². The van der Waals surface area contributed by atoms with Crippen molar-refractivity contribution in [2.75, 3.05) is 6.61 Å². The molecule has 2 heterocycles. The van der Waals surface area contributed by atoms with Crippen LogP contribution in [0.4, 0.5) is 0 Å². The normalized spacial score (nSPS) is 24.4. The van der Waals surface area contributed by atoms with E-state index in [4.69, 9.17) is 4.74 Å². The lowest BCUT2D eigenvalue weighted by molar-refractivity contribution is -0.0245. The summed E-state index contributed by atoms with van der Waals surface area (Å²) in [6.45, 7) is 8.41. The maximum Gasteiger partial charge on any atom is 0.0612 e. The molecular formula is C15H24N2O. The Labute approximate surface area is 110 Å². The average molecular weight is 248 g/mol. The highest BCUT2D eigenvalue weighted by Gasteiger charge is 2.24. The van der Waals surface area contributed by atoms with E-state index in [1.54, 1.807) is 0 Å². The molecule has 0 spiro atoms. The standard InChI is InChI=1S/C15H24N2O/c1-11(2)15-8-14(5-7-18-15)17-10-13-4-6-16-9-12(13)3/h4,6,9,11,14-15,17H,5,7-8,10H2,1-3H3. The minimum atomic E-state index is 0.412. The Kier molecular flexibility index (Phi) is 4.72. The Morgan fingerprint density at radius 2 is 2.33 bits per heavy atom. The van der Waals surface area contributed by atoms with E-state index >= 15 is 0 Å². The van der Waals surface area contributed by atoms with Gasteiger partial charge in [0.25, 0.3) is 0 Å². The number of pyridine rings is 1. The fraction of sp³-hybridized carbons (Fsp3) is 0.667. The molecule has 1 aliphatic heterocycles. The smallest absolute Gasteiger partial charge is 0.0612 e. The maximum atomic E-state index is 5.80. The fourth-order valence-electron chi connectivity index (χ4n) is 2.43. The van der Waals surface area contributed by atoms with Gasteiger partial charge in [0.05, 0.1) is 6.10 Å². The number of nitrogens with zero attached hydrogens (tertiary/aromatic N) is 1. The van der Waals surface area contributed by atoms with Gasteiger partial charge in [-0.15, -0.1) is 0 Å². The van der Waals surface area contributed by atoms with E-state index in [1.165, 1.54) is 11.1 Å². The average Bonchev–Trinajstić information content (AvgIpc) is 2.38. The lowest BCUT2D eigenvalue weighted by Gasteiger charge is -2.32. The van der Waals surface area contributed by atoms with Crippen molar-refractivity contribution in [1.82, 2.24) is 10.3 Å². The Hall–Kier alpha value is -0.930. The van der Waals surface area contributed by atoms with Crippen LogP contribution in [0.2, 0.25) is 0 Å². The van der Waals surface area contributed by atoms with Crippen molar-refractivity contribution < 1.29 is 4.74 Å². The molecule has 0 amide bonds. The molecule has 2 atom stereocenters. The molecule has 1 aliphatic rings. The van der Waals surface area contributed by atoms with E-state index in [9.17, 15) is 0 Å². The van der Waals surface area contributed by atoms with Gasteiger partial charge >= 0.3 is 0 Å². The number of nitrogens with one attached hydrogen (secondary N) is 1. The van der Waals surface area contributed by atoms with Gasteiger partial charge in [0, 0.05) is 31.6 Å². The van der Waals surface area contributed by atoms with Crippen LogP contribution in [0.3, 0.4) is 0 Å². The summed E-state index contributed by atoms with van der Waals surface area (Å²) < 4.78 is 5.80. The summed E-state index contributed by atoms with van der Waals surface area (Å²) in [7, 11) is 0. The molecule has 3 nitrogen and oxygen atoms in total. The van der Waals surface area contributed by atoms with E-state index in [2.05, 4.69) is 37.1 Å². The van der Waals surface area contributed by atoms with Crippen LogP contribution in [0.25, 0.3) is 0 Å². The zero-order valence-electron chi connectivity index (χ0n) is 11.6. The van der Waals surface area contributed by atoms with Crippen LogP contribution in [0.15, 0.2) is 18.5 Å². The van der Waals surface area contributed by atoms with Crippen LogP contribution in [0.5, 0.6) is 0 Å². The summed E-state index contributed by atoms with van der Waals surface area (Å²) in [4.78, 5) is 4.13. The number of hydrogen-bond donors (Lipinski definition) is 1. The first kappa shape index (κ1) is 13.5. The number of aromatic nitrogens is 1. The van der Waals surface area contributed by atoms with Crippen LogP contribution in [0, 0.1) is 12.8 Å². The van der Waals surface area contributed by atoms with Gasteiger partial charge in [0.1, 0.15) is 0 Å². The predicted octanol–water partition coefficient (Wildman–Crippen LogP) is 2.68. The molecular weight excluding hydrogens is 224 g/mol. The molecule has 18 heavy (non-hydrogen) atoms. The van der Waals surface area contributed by atoms with E-state index in [-0.39, 0.29) is 0 Å². The minimum absolute atomic E-state index is 0.412. The summed E-state index contributed by atoms with van der Waals surface area (Å²) in [5.41, 5.74) is 2.61. The largest absolute Gasteiger partial charge is 0.378 e. The highest BCUT2D eigenvalue weighted by Crippen LogP contribution is 2.20. The molecule has 0 aliphatic carbocycles. The second kappa shape index (κ2) is 6.30. The number of rotatable bonds is 4. The topological polar surface area (TPSA) is 34.2 Å². The summed E-state index contributed by atoms with van der Waals surface area (Å²) in [6, 6.07) is 2.68. The molecule has 1 saturated heterocycles. The lowest BCUT2D eigenvalue weighted by atomic mass is 9.95. The number of hydrogen-bond acceptors (Lipinski definition) is 3. The summed E-state index contributed by atoms with van der Waals surface area (Å²) in [5, 5.41) is 3.66. The molecule has 1 aromatic heterocycles. The maximum absolute atomic E-state index is 5.80. The molecule has 0 aromatic carbocycles. The minimum Gasteiger partial charge on any atom is -0.378 e. The van der Waals surface area contributed by atoms with Gasteiger partial charge in [0.2, 0.25) is 0 Å². The molecule has 0 bridgehead atoms. The van der Waals surface area contributed by atoms with Crippen molar-refractivity contribution >= 4 is 0 Å². The predicted molar refractivity (Wildman–Crippen MR) is 73.4 cm³/mol.